The Morgan fingerprint density at radius 2 is 1.85 bits per heavy atom. The maximum Gasteiger partial charge on any atom is 0.251 e. The van der Waals surface area contributed by atoms with Crippen molar-refractivity contribution in [1.82, 2.24) is 5.32 Å². The summed E-state index contributed by atoms with van der Waals surface area (Å²) in [5.74, 6) is 1.97. The summed E-state index contributed by atoms with van der Waals surface area (Å²) in [6, 6.07) is 5.15. The highest BCUT2D eigenvalue weighted by atomic mass is 32.2. The van der Waals surface area contributed by atoms with Gasteiger partial charge in [0.2, 0.25) is 0 Å². The van der Waals surface area contributed by atoms with E-state index >= 15 is 0 Å². The summed E-state index contributed by atoms with van der Waals surface area (Å²) in [6.07, 6.45) is 0. The Bertz CT molecular complexity index is 455. The van der Waals surface area contributed by atoms with Crippen molar-refractivity contribution in [2.45, 2.75) is 25.5 Å². The van der Waals surface area contributed by atoms with Crippen LogP contribution in [0.15, 0.2) is 18.2 Å². The number of methoxy groups -OCH3 is 2. The van der Waals surface area contributed by atoms with E-state index in [9.17, 15) is 4.79 Å². The van der Waals surface area contributed by atoms with Crippen molar-refractivity contribution in [3.8, 4) is 11.5 Å². The van der Waals surface area contributed by atoms with Crippen LogP contribution in [0.4, 0.5) is 0 Å². The summed E-state index contributed by atoms with van der Waals surface area (Å²) in [6.45, 7) is 7.13. The minimum atomic E-state index is -0.0968. The van der Waals surface area contributed by atoms with E-state index in [0.717, 1.165) is 5.75 Å². The van der Waals surface area contributed by atoms with Crippen LogP contribution in [0, 0.1) is 0 Å². The molecule has 0 heterocycles. The van der Waals surface area contributed by atoms with E-state index in [4.69, 9.17) is 9.47 Å². The van der Waals surface area contributed by atoms with Gasteiger partial charge in [0.05, 0.1) is 14.2 Å². The molecule has 0 unspecified atom stereocenters. The molecule has 0 aromatic heterocycles. The van der Waals surface area contributed by atoms with E-state index in [1.54, 1.807) is 32.4 Å². The van der Waals surface area contributed by atoms with E-state index in [2.05, 4.69) is 26.1 Å². The van der Waals surface area contributed by atoms with Crippen molar-refractivity contribution in [2.24, 2.45) is 0 Å². The van der Waals surface area contributed by atoms with Gasteiger partial charge in [-0.2, -0.15) is 11.8 Å². The van der Waals surface area contributed by atoms with Crippen LogP contribution in [0.1, 0.15) is 31.1 Å². The number of ether oxygens (including phenoxy) is 2. The van der Waals surface area contributed by atoms with Crippen LogP contribution >= 0.6 is 11.8 Å². The maximum atomic E-state index is 12.0. The van der Waals surface area contributed by atoms with Gasteiger partial charge < -0.3 is 14.8 Å². The minimum Gasteiger partial charge on any atom is -0.493 e. The number of carbonyl (C=O) groups is 1. The van der Waals surface area contributed by atoms with Gasteiger partial charge in [-0.25, -0.2) is 0 Å². The Morgan fingerprint density at radius 1 is 1.20 bits per heavy atom. The lowest BCUT2D eigenvalue weighted by Gasteiger charge is -2.17. The molecule has 20 heavy (non-hydrogen) atoms. The van der Waals surface area contributed by atoms with Crippen molar-refractivity contribution in [3.63, 3.8) is 0 Å². The smallest absolute Gasteiger partial charge is 0.251 e. The molecule has 0 atom stereocenters. The van der Waals surface area contributed by atoms with Crippen molar-refractivity contribution < 1.29 is 14.3 Å². The summed E-state index contributed by atoms with van der Waals surface area (Å²) in [5, 5.41) is 2.90. The van der Waals surface area contributed by atoms with Gasteiger partial charge in [0.15, 0.2) is 11.5 Å². The summed E-state index contributed by atoms with van der Waals surface area (Å²) in [5.41, 5.74) is 0.573. The molecule has 112 valence electrons. The molecule has 0 aliphatic heterocycles. The number of nitrogens with one attached hydrogen (secondary N) is 1. The van der Waals surface area contributed by atoms with Gasteiger partial charge >= 0.3 is 0 Å². The van der Waals surface area contributed by atoms with Crippen molar-refractivity contribution in [1.29, 1.82) is 0 Å². The highest BCUT2D eigenvalue weighted by molar-refractivity contribution is 8.00. The highest BCUT2D eigenvalue weighted by Crippen LogP contribution is 2.27. The molecule has 0 bridgehead atoms. The Hall–Kier alpha value is -1.36. The Labute approximate surface area is 125 Å². The van der Waals surface area contributed by atoms with Crippen LogP contribution in [0.3, 0.4) is 0 Å². The van der Waals surface area contributed by atoms with Gasteiger partial charge in [-0.1, -0.05) is 20.8 Å². The lowest BCUT2D eigenvalue weighted by Crippen LogP contribution is -2.26. The number of carbonyl (C=O) groups excluding carboxylic acids is 1. The van der Waals surface area contributed by atoms with E-state index in [1.807, 2.05) is 11.8 Å². The molecule has 0 aliphatic carbocycles. The topological polar surface area (TPSA) is 47.6 Å². The first-order valence-corrected chi connectivity index (χ1v) is 7.50. The number of hydrogen-bond acceptors (Lipinski definition) is 4. The molecule has 4 nitrogen and oxygen atoms in total. The third-order valence-corrected chi connectivity index (χ3v) is 3.84. The van der Waals surface area contributed by atoms with E-state index in [0.29, 0.717) is 23.6 Å². The first-order valence-electron chi connectivity index (χ1n) is 6.51. The fourth-order valence-corrected chi connectivity index (χ4v) is 2.42. The second-order valence-corrected chi connectivity index (χ2v) is 7.21. The van der Waals surface area contributed by atoms with Crippen LogP contribution in [-0.2, 0) is 0 Å². The van der Waals surface area contributed by atoms with Gasteiger partial charge in [-0.3, -0.25) is 4.79 Å². The highest BCUT2D eigenvalue weighted by Gasteiger charge is 2.12. The van der Waals surface area contributed by atoms with Crippen molar-refractivity contribution in [2.75, 3.05) is 26.5 Å². The lowest BCUT2D eigenvalue weighted by molar-refractivity contribution is 0.0955. The summed E-state index contributed by atoms with van der Waals surface area (Å²) in [7, 11) is 3.13. The van der Waals surface area contributed by atoms with E-state index < -0.39 is 0 Å². The molecule has 0 aliphatic rings. The molecule has 0 fully saturated rings. The SMILES string of the molecule is COc1ccc(C(=O)NCCSC(C)(C)C)cc1OC. The zero-order valence-corrected chi connectivity index (χ0v) is 13.6. The van der Waals surface area contributed by atoms with Crippen LogP contribution in [0.2, 0.25) is 0 Å². The fraction of sp³-hybridized carbons (Fsp3) is 0.533. The Kier molecular flexibility index (Phi) is 6.20. The molecule has 0 saturated carbocycles. The van der Waals surface area contributed by atoms with Crippen molar-refractivity contribution >= 4 is 17.7 Å². The second-order valence-electron chi connectivity index (χ2n) is 5.29. The number of rotatable bonds is 6. The molecular formula is C15H23NO3S. The van der Waals surface area contributed by atoms with Gasteiger partial charge in [0.25, 0.3) is 5.91 Å². The molecule has 0 radical (unpaired) electrons. The maximum absolute atomic E-state index is 12.0. The largest absolute Gasteiger partial charge is 0.493 e. The van der Waals surface area contributed by atoms with Crippen LogP contribution in [0.5, 0.6) is 11.5 Å². The third-order valence-electron chi connectivity index (χ3n) is 2.57. The zero-order valence-electron chi connectivity index (χ0n) is 12.8. The average Bonchev–Trinajstić information content (AvgIpc) is 2.41. The number of hydrogen-bond donors (Lipinski definition) is 1. The number of benzene rings is 1. The standard InChI is InChI=1S/C15H23NO3S/c1-15(2,3)20-9-8-16-14(17)11-6-7-12(18-4)13(10-11)19-5/h6-7,10H,8-9H2,1-5H3,(H,16,17). The zero-order chi connectivity index (χ0) is 15.2. The van der Waals surface area contributed by atoms with Gasteiger partial charge in [-0.05, 0) is 18.2 Å². The van der Waals surface area contributed by atoms with Gasteiger partial charge in [0, 0.05) is 22.6 Å². The molecule has 0 spiro atoms. The normalized spacial score (nSPS) is 11.1. The summed E-state index contributed by atoms with van der Waals surface area (Å²) in [4.78, 5) is 12.0. The van der Waals surface area contributed by atoms with Crippen LogP contribution in [0.25, 0.3) is 0 Å². The summed E-state index contributed by atoms with van der Waals surface area (Å²) < 4.78 is 10.6. The molecular weight excluding hydrogens is 274 g/mol. The van der Waals surface area contributed by atoms with Crippen LogP contribution in [-0.4, -0.2) is 37.2 Å². The Balaban J connectivity index is 2.55. The van der Waals surface area contributed by atoms with Gasteiger partial charge in [0.1, 0.15) is 0 Å². The fourth-order valence-electron chi connectivity index (χ4n) is 1.60. The second kappa shape index (κ2) is 7.43. The predicted molar refractivity (Wildman–Crippen MR) is 84.1 cm³/mol. The minimum absolute atomic E-state index is 0.0968. The molecule has 0 saturated heterocycles. The molecule has 1 aromatic carbocycles. The Morgan fingerprint density at radius 3 is 2.40 bits per heavy atom. The molecule has 5 heteroatoms. The number of thioether (sulfide) groups is 1. The van der Waals surface area contributed by atoms with E-state index in [1.165, 1.54) is 0 Å². The number of amides is 1. The van der Waals surface area contributed by atoms with Gasteiger partial charge in [-0.15, -0.1) is 0 Å². The third kappa shape index (κ3) is 5.33. The van der Waals surface area contributed by atoms with Crippen molar-refractivity contribution in [3.05, 3.63) is 23.8 Å². The first-order chi connectivity index (χ1) is 9.37. The lowest BCUT2D eigenvalue weighted by atomic mass is 10.2. The molecule has 1 aromatic rings. The first kappa shape index (κ1) is 16.7. The quantitative estimate of drug-likeness (QED) is 0.820. The molecule has 1 N–H and O–H groups in total. The monoisotopic (exact) mass is 297 g/mol. The summed E-state index contributed by atoms with van der Waals surface area (Å²) >= 11 is 1.83. The van der Waals surface area contributed by atoms with E-state index in [-0.39, 0.29) is 10.7 Å². The van der Waals surface area contributed by atoms with Crippen LogP contribution < -0.4 is 14.8 Å². The molecule has 1 amide bonds. The molecule has 1 rings (SSSR count). The average molecular weight is 297 g/mol. The predicted octanol–water partition coefficient (Wildman–Crippen LogP) is 2.97.